The van der Waals surface area contributed by atoms with E-state index in [1.165, 1.54) is 97.7 Å². The highest BCUT2D eigenvalue weighted by atomic mass is 35.5. The van der Waals surface area contributed by atoms with E-state index < -0.39 is 11.0 Å². The first-order chi connectivity index (χ1) is 35.7. The van der Waals surface area contributed by atoms with Crippen LogP contribution in [0.1, 0.15) is 60.6 Å². The lowest BCUT2D eigenvalue weighted by atomic mass is 9.64. The summed E-state index contributed by atoms with van der Waals surface area (Å²) in [4.78, 5) is 2.68. The molecule has 10 aromatic carbocycles. The Hall–Kier alpha value is -7.95. The normalized spacial score (nSPS) is 18.6. The molecule has 0 radical (unpaired) electrons. The lowest BCUT2D eigenvalue weighted by molar-refractivity contribution is 0.435. The first-order valence-electron chi connectivity index (χ1n) is 25.4. The van der Waals surface area contributed by atoms with Crippen molar-refractivity contribution in [2.24, 2.45) is 0 Å². The van der Waals surface area contributed by atoms with Crippen LogP contribution in [0, 0.1) is 0 Å². The van der Waals surface area contributed by atoms with Crippen molar-refractivity contribution in [1.29, 1.82) is 0 Å². The molecule has 73 heavy (non-hydrogen) atoms. The molecule has 15 rings (SSSR count). The van der Waals surface area contributed by atoms with E-state index in [2.05, 4.69) is 238 Å². The fourth-order valence-corrected chi connectivity index (χ4v) is 15.0. The summed E-state index contributed by atoms with van der Waals surface area (Å²) in [5.74, 6) is 1.69. The smallest absolute Gasteiger partial charge is 0.132 e. The summed E-state index contributed by atoms with van der Waals surface area (Å²) < 4.78 is 9.37. The average molecular weight is 975 g/mol. The van der Waals surface area contributed by atoms with Gasteiger partial charge in [0.25, 0.3) is 0 Å². The van der Waals surface area contributed by atoms with Crippen LogP contribution in [0.3, 0.4) is 0 Å². The molecule has 348 valence electrons. The van der Waals surface area contributed by atoms with Crippen LogP contribution in [0.15, 0.2) is 230 Å². The van der Waals surface area contributed by atoms with Crippen molar-refractivity contribution in [1.82, 2.24) is 0 Å². The van der Waals surface area contributed by atoms with Crippen molar-refractivity contribution < 1.29 is 4.74 Å². The van der Waals surface area contributed by atoms with Crippen LogP contribution in [0.5, 0.6) is 11.5 Å². The maximum Gasteiger partial charge on any atom is 0.132 e. The molecule has 4 aliphatic rings. The molecule has 1 spiro atoms. The number of para-hydroxylation sites is 1. The van der Waals surface area contributed by atoms with Gasteiger partial charge in [0, 0.05) is 58.7 Å². The van der Waals surface area contributed by atoms with Gasteiger partial charge >= 0.3 is 0 Å². The van der Waals surface area contributed by atoms with Crippen LogP contribution < -0.4 is 9.64 Å². The molecule has 0 bridgehead atoms. The highest BCUT2D eigenvalue weighted by Crippen LogP contribution is 2.66. The molecule has 2 unspecified atom stereocenters. The Bertz CT molecular complexity index is 4230. The highest BCUT2D eigenvalue weighted by Gasteiger charge is 2.56. The summed E-state index contributed by atoms with van der Waals surface area (Å²) in [6.07, 6.45) is 5.60. The van der Waals surface area contributed by atoms with Gasteiger partial charge in [-0.1, -0.05) is 189 Å². The Morgan fingerprint density at radius 1 is 0.479 bits per heavy atom. The Morgan fingerprint density at radius 2 is 1.15 bits per heavy atom. The lowest BCUT2D eigenvalue weighted by Crippen LogP contribution is -2.46. The Kier molecular flexibility index (Phi) is 9.08. The number of nitrogens with zero attached hydrogens (tertiary/aromatic N) is 1. The van der Waals surface area contributed by atoms with Crippen LogP contribution in [0.25, 0.3) is 69.9 Å². The summed E-state index contributed by atoms with van der Waals surface area (Å²) in [5, 5.41) is 5.70. The third-order valence-electron chi connectivity index (χ3n) is 16.8. The van der Waals surface area contributed by atoms with Crippen LogP contribution in [-0.4, -0.2) is 5.54 Å². The number of ether oxygens (including phenoxy) is 1. The fourth-order valence-electron chi connectivity index (χ4n) is 13.6. The SMILES string of the molecule is CC1(C)c2ccccc2-c2ccc(-c3ccc(N(c4cc(-c5cccc6ccccc56)c5sc6ccccc6c5c4)C4(C)CC=CC5=C4c4ccccc4C54c5ccccc5Oc5ccc(Cl)cc54)cc3)cc21. The molecular weight excluding hydrogens is 926 g/mol. The van der Waals surface area contributed by atoms with Crippen LogP contribution >= 0.6 is 22.9 Å². The molecule has 0 amide bonds. The van der Waals surface area contributed by atoms with Crippen molar-refractivity contribution in [3.8, 4) is 44.9 Å². The van der Waals surface area contributed by atoms with Gasteiger partial charge in [0.05, 0.1) is 11.0 Å². The van der Waals surface area contributed by atoms with E-state index in [0.717, 1.165) is 40.4 Å². The number of rotatable bonds is 5. The van der Waals surface area contributed by atoms with Crippen molar-refractivity contribution in [3.05, 3.63) is 268 Å². The number of halogens is 1. The standard InChI is InChI=1S/C69H48ClNOS/c1-67(2)56-23-9-6-19-50(56)51-35-31-44(38-60(51)67)42-29-33-46(34-30-42)71(47-40-54(49-22-14-17-43-16-4-5-18-48(43)49)66-55(41-47)52-20-8-13-28-64(52)73-66)68(3)37-15-26-59-65(68)53-21-7-10-24-57(53)69(59)58-25-11-12-27-62(58)72-63-36-32-45(70)39-61(63)69/h4-36,38-41H,37H2,1-3H3. The van der Waals surface area contributed by atoms with E-state index in [-0.39, 0.29) is 5.41 Å². The largest absolute Gasteiger partial charge is 0.457 e. The van der Waals surface area contributed by atoms with Gasteiger partial charge in [-0.05, 0) is 146 Å². The van der Waals surface area contributed by atoms with Gasteiger partial charge in [-0.2, -0.15) is 0 Å². The van der Waals surface area contributed by atoms with E-state index in [1.807, 2.05) is 23.5 Å². The second-order valence-corrected chi connectivity index (χ2v) is 22.5. The predicted octanol–water partition coefficient (Wildman–Crippen LogP) is 19.3. The average Bonchev–Trinajstić information content (AvgIpc) is 4.05. The minimum atomic E-state index is -0.683. The first-order valence-corrected chi connectivity index (χ1v) is 26.6. The summed E-state index contributed by atoms with van der Waals surface area (Å²) in [5.41, 5.74) is 18.4. The van der Waals surface area contributed by atoms with E-state index >= 15 is 0 Å². The quantitative estimate of drug-likeness (QED) is 0.170. The monoisotopic (exact) mass is 973 g/mol. The summed E-state index contributed by atoms with van der Waals surface area (Å²) >= 11 is 8.93. The fraction of sp³-hybridized carbons (Fsp3) is 0.101. The van der Waals surface area contributed by atoms with E-state index in [4.69, 9.17) is 16.3 Å². The molecule has 2 atom stereocenters. The van der Waals surface area contributed by atoms with Crippen LogP contribution in [0.2, 0.25) is 5.02 Å². The first kappa shape index (κ1) is 42.7. The van der Waals surface area contributed by atoms with Gasteiger partial charge in [0.1, 0.15) is 11.5 Å². The molecular formula is C69H48ClNOS. The maximum absolute atomic E-state index is 7.04. The van der Waals surface area contributed by atoms with E-state index in [0.29, 0.717) is 5.02 Å². The Labute approximate surface area is 434 Å². The second kappa shape index (κ2) is 15.5. The topological polar surface area (TPSA) is 12.5 Å². The van der Waals surface area contributed by atoms with Crippen molar-refractivity contribution in [3.63, 3.8) is 0 Å². The highest BCUT2D eigenvalue weighted by molar-refractivity contribution is 7.26. The van der Waals surface area contributed by atoms with Crippen LogP contribution in [0.4, 0.5) is 11.4 Å². The summed E-state index contributed by atoms with van der Waals surface area (Å²) in [7, 11) is 0. The third kappa shape index (κ3) is 5.92. The number of hydrogen-bond donors (Lipinski definition) is 0. The third-order valence-corrected chi connectivity index (χ3v) is 18.3. The molecule has 1 aliphatic heterocycles. The molecule has 2 nitrogen and oxygen atoms in total. The molecule has 11 aromatic rings. The zero-order valence-corrected chi connectivity index (χ0v) is 42.3. The predicted molar refractivity (Wildman–Crippen MR) is 307 cm³/mol. The minimum absolute atomic E-state index is 0.0921. The van der Waals surface area contributed by atoms with Gasteiger partial charge in [0.15, 0.2) is 0 Å². The molecule has 0 fully saturated rings. The van der Waals surface area contributed by atoms with E-state index in [9.17, 15) is 0 Å². The van der Waals surface area contributed by atoms with Gasteiger partial charge < -0.3 is 9.64 Å². The van der Waals surface area contributed by atoms with Crippen molar-refractivity contribution in [2.75, 3.05) is 4.90 Å². The summed E-state index contributed by atoms with van der Waals surface area (Å²) in [6, 6.07) is 78.7. The second-order valence-electron chi connectivity index (χ2n) is 21.0. The molecule has 0 N–H and O–H groups in total. The molecule has 3 aliphatic carbocycles. The minimum Gasteiger partial charge on any atom is -0.457 e. The molecule has 2 heterocycles. The number of allylic oxidation sites excluding steroid dienone is 2. The number of anilines is 2. The molecule has 1 aromatic heterocycles. The van der Waals surface area contributed by atoms with E-state index in [1.54, 1.807) is 0 Å². The lowest BCUT2D eigenvalue weighted by Gasteiger charge is -2.47. The number of benzene rings is 10. The number of fused-ring (bicyclic) bond motifs is 15. The van der Waals surface area contributed by atoms with Gasteiger partial charge in [-0.15, -0.1) is 11.3 Å². The number of thiophene rings is 1. The van der Waals surface area contributed by atoms with Gasteiger partial charge in [0.2, 0.25) is 0 Å². The summed E-state index contributed by atoms with van der Waals surface area (Å²) in [6.45, 7) is 7.21. The van der Waals surface area contributed by atoms with Crippen molar-refractivity contribution in [2.45, 2.75) is 43.6 Å². The van der Waals surface area contributed by atoms with Crippen LogP contribution in [-0.2, 0) is 10.8 Å². The zero-order chi connectivity index (χ0) is 48.8. The van der Waals surface area contributed by atoms with Crippen molar-refractivity contribution >= 4 is 70.8 Å². The Morgan fingerprint density at radius 3 is 2.01 bits per heavy atom. The Balaban J connectivity index is 0.999. The van der Waals surface area contributed by atoms with Gasteiger partial charge in [-0.3, -0.25) is 0 Å². The maximum atomic E-state index is 7.04. The molecule has 4 heteroatoms. The zero-order valence-electron chi connectivity index (χ0n) is 40.7. The molecule has 0 saturated heterocycles. The number of hydrogen-bond acceptors (Lipinski definition) is 3. The molecule has 0 saturated carbocycles. The van der Waals surface area contributed by atoms with Gasteiger partial charge in [-0.25, -0.2) is 0 Å².